The molecule has 1 heterocycles. The first kappa shape index (κ1) is 27.0. The van der Waals surface area contributed by atoms with Gasteiger partial charge in [0.15, 0.2) is 0 Å². The number of carbonyl (C=O) groups excluding carboxylic acids is 1. The van der Waals surface area contributed by atoms with Crippen LogP contribution in [0.2, 0.25) is 0 Å². The number of hydrogen-bond donors (Lipinski definition) is 3. The van der Waals surface area contributed by atoms with Gasteiger partial charge in [0.1, 0.15) is 11.7 Å². The molecule has 0 amide bonds. The number of quaternary nitrogens is 1. The van der Waals surface area contributed by atoms with E-state index in [0.29, 0.717) is 11.7 Å². The summed E-state index contributed by atoms with van der Waals surface area (Å²) in [6.07, 6.45) is 1.75. The fraction of sp³-hybridized carbons (Fsp3) is 0.480. The van der Waals surface area contributed by atoms with Gasteiger partial charge in [0, 0.05) is 24.9 Å². The molecule has 0 aromatic heterocycles. The van der Waals surface area contributed by atoms with E-state index in [0.717, 1.165) is 39.6 Å². The Morgan fingerprint density at radius 3 is 2.45 bits per heavy atom. The van der Waals surface area contributed by atoms with E-state index in [1.165, 1.54) is 23.1 Å². The standard InChI is InChI=1S/C24H31NO3.CH4O.ClH/c1-18-16-25(13-12-24(18,2)21-10-7-11-22(26)15-21)17-20(23(27)28-3)14-19-8-5-4-6-9-19;1-2;/h4-11,15,18,20,26H,12-14,16-17H2,1-3H3;2H,1H3;1H/t18-,20-,24+;;/m0../s1. The topological polar surface area (TPSA) is 71.2 Å². The van der Waals surface area contributed by atoms with Gasteiger partial charge in [-0.2, -0.15) is 0 Å². The van der Waals surface area contributed by atoms with E-state index in [4.69, 9.17) is 9.84 Å². The summed E-state index contributed by atoms with van der Waals surface area (Å²) in [7, 11) is 2.48. The van der Waals surface area contributed by atoms with Gasteiger partial charge in [-0.3, -0.25) is 4.79 Å². The minimum absolute atomic E-state index is 0. The summed E-state index contributed by atoms with van der Waals surface area (Å²) >= 11 is 0. The van der Waals surface area contributed by atoms with Gasteiger partial charge in [-0.25, -0.2) is 0 Å². The maximum absolute atomic E-state index is 12.4. The van der Waals surface area contributed by atoms with Crippen LogP contribution < -0.4 is 17.3 Å². The first-order valence-corrected chi connectivity index (χ1v) is 10.6. The molecular weight excluding hydrogens is 414 g/mol. The number of piperidine rings is 1. The predicted octanol–water partition coefficient (Wildman–Crippen LogP) is -0.781. The molecule has 1 aliphatic heterocycles. The number of methoxy groups -OCH3 is 1. The summed E-state index contributed by atoms with van der Waals surface area (Å²) in [5.74, 6) is 0.535. The number of ether oxygens (including phenoxy) is 1. The van der Waals surface area contributed by atoms with Crippen LogP contribution >= 0.6 is 0 Å². The van der Waals surface area contributed by atoms with Gasteiger partial charge in [0.2, 0.25) is 0 Å². The Balaban J connectivity index is 0.00000156. The summed E-state index contributed by atoms with van der Waals surface area (Å²) in [6, 6.07) is 17.8. The van der Waals surface area contributed by atoms with E-state index in [-0.39, 0.29) is 29.7 Å². The van der Waals surface area contributed by atoms with Crippen LogP contribution in [-0.2, 0) is 21.4 Å². The number of phenols is 1. The second kappa shape index (κ2) is 12.7. The van der Waals surface area contributed by atoms with E-state index in [1.54, 1.807) is 6.07 Å². The van der Waals surface area contributed by atoms with Gasteiger partial charge < -0.3 is 32.3 Å². The van der Waals surface area contributed by atoms with E-state index in [9.17, 15) is 9.90 Å². The number of hydrogen-bond acceptors (Lipinski definition) is 4. The molecule has 172 valence electrons. The zero-order valence-corrected chi connectivity index (χ0v) is 19.7. The van der Waals surface area contributed by atoms with Crippen molar-refractivity contribution in [2.45, 2.75) is 32.1 Å². The van der Waals surface area contributed by atoms with Crippen molar-refractivity contribution >= 4 is 5.97 Å². The number of esters is 1. The molecule has 1 aliphatic rings. The molecule has 2 aromatic rings. The monoisotopic (exact) mass is 449 g/mol. The van der Waals surface area contributed by atoms with Gasteiger partial charge in [-0.05, 0) is 29.7 Å². The SMILES string of the molecule is CO.COC(=O)[C@@H](Cc1ccccc1)C[NH+]1CC[C@@](C)(c2cccc(O)c2)[C@@H](C)C1.[Cl-]. The van der Waals surface area contributed by atoms with E-state index < -0.39 is 0 Å². The van der Waals surface area contributed by atoms with Gasteiger partial charge in [-0.15, -0.1) is 0 Å². The lowest BCUT2D eigenvalue weighted by Crippen LogP contribution is -3.15. The fourth-order valence-corrected chi connectivity index (χ4v) is 4.57. The molecule has 3 N–H and O–H groups in total. The van der Waals surface area contributed by atoms with Crippen LogP contribution in [0, 0.1) is 11.8 Å². The lowest BCUT2D eigenvalue weighted by atomic mass is 9.68. The number of carbonyl (C=O) groups is 1. The number of rotatable bonds is 6. The van der Waals surface area contributed by atoms with Crippen molar-refractivity contribution in [1.29, 1.82) is 0 Å². The summed E-state index contributed by atoms with van der Waals surface area (Å²) < 4.78 is 5.10. The maximum atomic E-state index is 12.4. The lowest BCUT2D eigenvalue weighted by molar-refractivity contribution is -0.912. The molecule has 0 spiro atoms. The minimum atomic E-state index is -0.125. The number of phenolic OH excluding ortho intramolecular Hbond substituents is 1. The number of likely N-dealkylation sites (tertiary alicyclic amines) is 1. The Bertz CT molecular complexity index is 801. The Kier molecular flexibility index (Phi) is 11.0. The van der Waals surface area contributed by atoms with Crippen molar-refractivity contribution in [2.75, 3.05) is 33.9 Å². The summed E-state index contributed by atoms with van der Waals surface area (Å²) in [5.41, 5.74) is 2.42. The average Bonchev–Trinajstić information content (AvgIpc) is 2.77. The molecule has 0 bridgehead atoms. The molecule has 0 aliphatic carbocycles. The van der Waals surface area contributed by atoms with Crippen LogP contribution in [0.4, 0.5) is 0 Å². The van der Waals surface area contributed by atoms with Crippen LogP contribution in [0.3, 0.4) is 0 Å². The second-order valence-corrected chi connectivity index (χ2v) is 8.44. The third kappa shape index (κ3) is 6.96. The van der Waals surface area contributed by atoms with Gasteiger partial charge in [0.05, 0.1) is 26.7 Å². The number of benzene rings is 2. The normalized spacial score (nSPS) is 23.5. The first-order valence-electron chi connectivity index (χ1n) is 10.6. The van der Waals surface area contributed by atoms with E-state index in [1.807, 2.05) is 30.3 Å². The van der Waals surface area contributed by atoms with Gasteiger partial charge >= 0.3 is 5.97 Å². The number of aliphatic hydroxyl groups is 1. The number of nitrogens with one attached hydrogen (secondary N) is 1. The summed E-state index contributed by atoms with van der Waals surface area (Å²) in [4.78, 5) is 13.8. The minimum Gasteiger partial charge on any atom is -1.00 e. The number of halogens is 1. The van der Waals surface area contributed by atoms with Crippen molar-refractivity contribution < 1.29 is 37.1 Å². The molecule has 1 unspecified atom stereocenters. The van der Waals surface area contributed by atoms with E-state index >= 15 is 0 Å². The highest BCUT2D eigenvalue weighted by atomic mass is 35.5. The molecular formula is C25H36ClNO4. The zero-order valence-electron chi connectivity index (χ0n) is 19.0. The highest BCUT2D eigenvalue weighted by Crippen LogP contribution is 2.37. The van der Waals surface area contributed by atoms with Crippen molar-refractivity contribution in [1.82, 2.24) is 0 Å². The lowest BCUT2D eigenvalue weighted by Gasteiger charge is -2.43. The average molecular weight is 450 g/mol. The largest absolute Gasteiger partial charge is 1.00 e. The number of aliphatic hydroxyl groups excluding tert-OH is 1. The molecule has 2 aromatic carbocycles. The molecule has 6 heteroatoms. The van der Waals surface area contributed by atoms with Crippen molar-refractivity contribution in [3.05, 3.63) is 65.7 Å². The Hall–Kier alpha value is -2.08. The molecule has 3 rings (SSSR count). The van der Waals surface area contributed by atoms with Crippen LogP contribution in [0.1, 0.15) is 31.4 Å². The zero-order chi connectivity index (χ0) is 22.1. The number of aromatic hydroxyl groups is 1. The van der Waals surface area contributed by atoms with Gasteiger partial charge in [0.25, 0.3) is 0 Å². The Morgan fingerprint density at radius 1 is 1.19 bits per heavy atom. The molecule has 5 nitrogen and oxygen atoms in total. The fourth-order valence-electron chi connectivity index (χ4n) is 4.57. The van der Waals surface area contributed by atoms with Crippen LogP contribution in [-0.4, -0.2) is 50.0 Å². The molecule has 1 fully saturated rings. The van der Waals surface area contributed by atoms with E-state index in [2.05, 4.69) is 32.0 Å². The van der Waals surface area contributed by atoms with Crippen LogP contribution in [0.15, 0.2) is 54.6 Å². The third-order valence-electron chi connectivity index (χ3n) is 6.58. The third-order valence-corrected chi connectivity index (χ3v) is 6.58. The van der Waals surface area contributed by atoms with Crippen LogP contribution in [0.25, 0.3) is 0 Å². The quantitative estimate of drug-likeness (QED) is 0.506. The summed E-state index contributed by atoms with van der Waals surface area (Å²) in [5, 5.41) is 16.9. The second-order valence-electron chi connectivity index (χ2n) is 8.44. The highest BCUT2D eigenvalue weighted by Gasteiger charge is 2.41. The van der Waals surface area contributed by atoms with Crippen molar-refractivity contribution in [3.63, 3.8) is 0 Å². The molecule has 0 saturated carbocycles. The maximum Gasteiger partial charge on any atom is 0.314 e. The molecule has 4 atom stereocenters. The predicted molar refractivity (Wildman–Crippen MR) is 119 cm³/mol. The Morgan fingerprint density at radius 2 is 1.87 bits per heavy atom. The van der Waals surface area contributed by atoms with Gasteiger partial charge in [-0.1, -0.05) is 56.3 Å². The molecule has 31 heavy (non-hydrogen) atoms. The summed E-state index contributed by atoms with van der Waals surface area (Å²) in [6.45, 7) is 7.40. The van der Waals surface area contributed by atoms with Crippen molar-refractivity contribution in [2.24, 2.45) is 11.8 Å². The molecule has 0 radical (unpaired) electrons. The van der Waals surface area contributed by atoms with Crippen LogP contribution in [0.5, 0.6) is 5.75 Å². The van der Waals surface area contributed by atoms with Crippen molar-refractivity contribution in [3.8, 4) is 5.75 Å². The highest BCUT2D eigenvalue weighted by molar-refractivity contribution is 5.72. The smallest absolute Gasteiger partial charge is 0.314 e. The first-order chi connectivity index (χ1) is 14.4. The Labute approximate surface area is 192 Å². The molecule has 1 saturated heterocycles.